The lowest BCUT2D eigenvalue weighted by Gasteiger charge is -2.25. The van der Waals surface area contributed by atoms with E-state index in [9.17, 15) is 4.79 Å². The van der Waals surface area contributed by atoms with Crippen LogP contribution in [0.4, 0.5) is 0 Å². The van der Waals surface area contributed by atoms with Crippen LogP contribution in [0.1, 0.15) is 51.3 Å². The molecule has 1 aliphatic rings. The quantitative estimate of drug-likeness (QED) is 0.785. The number of hydrogen-bond donors (Lipinski definition) is 0. The molecule has 0 bridgehead atoms. The number of carbonyl (C=O) groups is 1. The lowest BCUT2D eigenvalue weighted by molar-refractivity contribution is -0.128. The Labute approximate surface area is 103 Å². The minimum Gasteiger partial charge on any atom is -0.338 e. The Bertz CT molecular complexity index is 389. The van der Waals surface area contributed by atoms with E-state index < -0.39 is 0 Å². The molecule has 0 radical (unpaired) electrons. The van der Waals surface area contributed by atoms with Crippen LogP contribution in [0.2, 0.25) is 0 Å². The van der Waals surface area contributed by atoms with Crippen molar-refractivity contribution < 1.29 is 4.79 Å². The van der Waals surface area contributed by atoms with E-state index in [4.69, 9.17) is 0 Å². The van der Waals surface area contributed by atoms with Crippen molar-refractivity contribution in [2.45, 2.75) is 51.9 Å². The van der Waals surface area contributed by atoms with E-state index in [1.807, 2.05) is 17.8 Å². The normalized spacial score (nSPS) is 18.5. The maximum absolute atomic E-state index is 12.4. The monoisotopic (exact) mass is 234 g/mol. The van der Waals surface area contributed by atoms with Crippen molar-refractivity contribution in [3.8, 4) is 0 Å². The molecule has 0 spiro atoms. The van der Waals surface area contributed by atoms with Gasteiger partial charge in [-0.2, -0.15) is 0 Å². The second kappa shape index (κ2) is 5.03. The molecule has 0 N–H and O–H groups in total. The van der Waals surface area contributed by atoms with Crippen LogP contribution in [0.25, 0.3) is 0 Å². The molecule has 1 aromatic rings. The zero-order valence-corrected chi connectivity index (χ0v) is 10.9. The largest absolute Gasteiger partial charge is 0.338 e. The molecule has 0 atom stereocenters. The highest BCUT2D eigenvalue weighted by Gasteiger charge is 2.38. The van der Waals surface area contributed by atoms with Crippen molar-refractivity contribution in [1.82, 2.24) is 9.55 Å². The summed E-state index contributed by atoms with van der Waals surface area (Å²) in [6.07, 6.45) is 10.8. The van der Waals surface area contributed by atoms with Crippen LogP contribution in [-0.2, 0) is 18.3 Å². The Morgan fingerprint density at radius 2 is 2.18 bits per heavy atom. The van der Waals surface area contributed by atoms with Gasteiger partial charge < -0.3 is 4.57 Å². The molecule has 2 rings (SSSR count). The third-order valence-electron chi connectivity index (χ3n) is 4.33. The van der Waals surface area contributed by atoms with Gasteiger partial charge in [0.1, 0.15) is 11.6 Å². The van der Waals surface area contributed by atoms with E-state index in [1.165, 1.54) is 12.8 Å². The summed E-state index contributed by atoms with van der Waals surface area (Å²) < 4.78 is 2.00. The number of nitrogens with zero attached hydrogens (tertiary/aromatic N) is 2. The fourth-order valence-electron chi connectivity index (χ4n) is 3.01. The van der Waals surface area contributed by atoms with Crippen LogP contribution in [-0.4, -0.2) is 15.3 Å². The van der Waals surface area contributed by atoms with Gasteiger partial charge in [0.25, 0.3) is 0 Å². The van der Waals surface area contributed by atoms with Crippen molar-refractivity contribution in [3.63, 3.8) is 0 Å². The van der Waals surface area contributed by atoms with E-state index in [0.717, 1.165) is 31.5 Å². The average Bonchev–Trinajstić information content (AvgIpc) is 2.95. The number of imidazole rings is 1. The van der Waals surface area contributed by atoms with Gasteiger partial charge in [-0.25, -0.2) is 4.98 Å². The Kier molecular flexibility index (Phi) is 3.65. The minimum atomic E-state index is 0.00512. The van der Waals surface area contributed by atoms with Gasteiger partial charge in [0.05, 0.1) is 0 Å². The number of Topliss-reactive ketones (excluding diaryl/α,β-unsaturated/α-hetero) is 1. The van der Waals surface area contributed by atoms with E-state index in [2.05, 4.69) is 11.9 Å². The topological polar surface area (TPSA) is 34.9 Å². The number of aryl methyl sites for hydroxylation is 2. The number of carbonyl (C=O) groups excluding carboxylic acids is 1. The summed E-state index contributed by atoms with van der Waals surface area (Å²) in [5, 5.41) is 0. The first-order chi connectivity index (χ1) is 8.18. The second-order valence-corrected chi connectivity index (χ2v) is 5.22. The SMILES string of the molecule is CCC1(C(=O)CCc2nccn2C)CCCC1. The summed E-state index contributed by atoms with van der Waals surface area (Å²) in [6, 6.07) is 0. The summed E-state index contributed by atoms with van der Waals surface area (Å²) >= 11 is 0. The molecule has 17 heavy (non-hydrogen) atoms. The van der Waals surface area contributed by atoms with Crippen molar-refractivity contribution in [2.75, 3.05) is 0 Å². The van der Waals surface area contributed by atoms with E-state index >= 15 is 0 Å². The van der Waals surface area contributed by atoms with Crippen molar-refractivity contribution in [2.24, 2.45) is 12.5 Å². The number of ketones is 1. The van der Waals surface area contributed by atoms with Crippen molar-refractivity contribution in [3.05, 3.63) is 18.2 Å². The van der Waals surface area contributed by atoms with Crippen LogP contribution < -0.4 is 0 Å². The lowest BCUT2D eigenvalue weighted by atomic mass is 9.77. The van der Waals surface area contributed by atoms with Crippen LogP contribution >= 0.6 is 0 Å². The van der Waals surface area contributed by atoms with Crippen molar-refractivity contribution >= 4 is 5.78 Å². The maximum atomic E-state index is 12.4. The van der Waals surface area contributed by atoms with Crippen LogP contribution in [0, 0.1) is 5.41 Å². The van der Waals surface area contributed by atoms with Gasteiger partial charge in [-0.15, -0.1) is 0 Å². The third-order valence-corrected chi connectivity index (χ3v) is 4.33. The molecule has 1 aliphatic carbocycles. The predicted molar refractivity (Wildman–Crippen MR) is 67.7 cm³/mol. The molecule has 0 aliphatic heterocycles. The summed E-state index contributed by atoms with van der Waals surface area (Å²) in [7, 11) is 1.98. The van der Waals surface area contributed by atoms with Gasteiger partial charge in [-0.3, -0.25) is 4.79 Å². The van der Waals surface area contributed by atoms with E-state index in [0.29, 0.717) is 12.2 Å². The molecular weight excluding hydrogens is 212 g/mol. The fraction of sp³-hybridized carbons (Fsp3) is 0.714. The third kappa shape index (κ3) is 2.43. The lowest BCUT2D eigenvalue weighted by Crippen LogP contribution is -2.27. The zero-order valence-electron chi connectivity index (χ0n) is 10.9. The highest BCUT2D eigenvalue weighted by atomic mass is 16.1. The smallest absolute Gasteiger partial charge is 0.139 e. The first-order valence-electron chi connectivity index (χ1n) is 6.67. The van der Waals surface area contributed by atoms with Gasteiger partial charge in [0, 0.05) is 37.7 Å². The van der Waals surface area contributed by atoms with E-state index in [-0.39, 0.29) is 5.41 Å². The number of aromatic nitrogens is 2. The molecule has 94 valence electrons. The highest BCUT2D eigenvalue weighted by molar-refractivity contribution is 5.85. The molecule has 0 saturated heterocycles. The number of rotatable bonds is 5. The predicted octanol–water partition coefficient (Wildman–Crippen LogP) is 2.89. The number of hydrogen-bond acceptors (Lipinski definition) is 2. The summed E-state index contributed by atoms with van der Waals surface area (Å²) in [5.41, 5.74) is 0.00512. The molecular formula is C14H22N2O. The van der Waals surface area contributed by atoms with Crippen LogP contribution in [0.15, 0.2) is 12.4 Å². The molecule has 0 amide bonds. The molecule has 3 heteroatoms. The fourth-order valence-corrected chi connectivity index (χ4v) is 3.01. The first-order valence-corrected chi connectivity index (χ1v) is 6.67. The Morgan fingerprint density at radius 1 is 1.47 bits per heavy atom. The Balaban J connectivity index is 1.95. The molecule has 0 unspecified atom stereocenters. The van der Waals surface area contributed by atoms with Crippen LogP contribution in [0.3, 0.4) is 0 Å². The summed E-state index contributed by atoms with van der Waals surface area (Å²) in [5.74, 6) is 1.48. The maximum Gasteiger partial charge on any atom is 0.139 e. The molecule has 0 aromatic carbocycles. The standard InChI is InChI=1S/C14H22N2O/c1-3-14(8-4-5-9-14)12(17)6-7-13-15-10-11-16(13)2/h10-11H,3-9H2,1-2H3. The zero-order chi connectivity index (χ0) is 12.3. The minimum absolute atomic E-state index is 0.00512. The van der Waals surface area contributed by atoms with Gasteiger partial charge in [0.15, 0.2) is 0 Å². The molecule has 1 saturated carbocycles. The highest BCUT2D eigenvalue weighted by Crippen LogP contribution is 2.42. The van der Waals surface area contributed by atoms with Gasteiger partial charge in [-0.05, 0) is 19.3 Å². The second-order valence-electron chi connectivity index (χ2n) is 5.22. The van der Waals surface area contributed by atoms with Crippen LogP contribution in [0.5, 0.6) is 0 Å². The van der Waals surface area contributed by atoms with E-state index in [1.54, 1.807) is 6.20 Å². The van der Waals surface area contributed by atoms with Gasteiger partial charge in [-0.1, -0.05) is 19.8 Å². The molecule has 1 aromatic heterocycles. The Morgan fingerprint density at radius 3 is 2.71 bits per heavy atom. The molecule has 1 heterocycles. The summed E-state index contributed by atoms with van der Waals surface area (Å²) in [6.45, 7) is 2.16. The van der Waals surface area contributed by atoms with Gasteiger partial charge >= 0.3 is 0 Å². The molecule has 3 nitrogen and oxygen atoms in total. The molecule has 1 fully saturated rings. The van der Waals surface area contributed by atoms with Crippen molar-refractivity contribution in [1.29, 1.82) is 0 Å². The summed E-state index contributed by atoms with van der Waals surface area (Å²) in [4.78, 5) is 16.6. The average molecular weight is 234 g/mol. The Hall–Kier alpha value is -1.12. The van der Waals surface area contributed by atoms with Gasteiger partial charge in [0.2, 0.25) is 0 Å². The first kappa shape index (κ1) is 12.3.